The number of thioether (sulfide) groups is 1. The molecule has 0 spiro atoms. The third kappa shape index (κ3) is 1.90. The number of aromatic nitrogens is 1. The van der Waals surface area contributed by atoms with E-state index in [2.05, 4.69) is 28.5 Å². The second kappa shape index (κ2) is 4.69. The maximum Gasteiger partial charge on any atom is 0.376 e. The van der Waals surface area contributed by atoms with Crippen LogP contribution in [0.25, 0.3) is 17.2 Å². The van der Waals surface area contributed by atoms with Crippen molar-refractivity contribution in [3.63, 3.8) is 0 Å². The van der Waals surface area contributed by atoms with Gasteiger partial charge >= 0.3 is 5.89 Å². The van der Waals surface area contributed by atoms with Crippen molar-refractivity contribution in [3.8, 4) is 0 Å². The van der Waals surface area contributed by atoms with Crippen molar-refractivity contribution < 1.29 is 8.98 Å². The van der Waals surface area contributed by atoms with E-state index in [1.54, 1.807) is 0 Å². The number of fused-ring (bicyclic) bond motifs is 1. The highest BCUT2D eigenvalue weighted by atomic mass is 32.2. The highest BCUT2D eigenvalue weighted by Crippen LogP contribution is 2.29. The largest absolute Gasteiger partial charge is 0.398 e. The van der Waals surface area contributed by atoms with Gasteiger partial charge in [0.2, 0.25) is 5.58 Å². The van der Waals surface area contributed by atoms with Crippen molar-refractivity contribution in [2.75, 3.05) is 18.8 Å². The standard InChI is InChI=1S/C14H17N2OS/c1-3-16-8-9-18-14(16)10-13-15(2)11-6-4-5-7-12(11)17-13/h4-7,10H,3,8-9H2,1-2H3/q+1. The Morgan fingerprint density at radius 1 is 1.44 bits per heavy atom. The van der Waals surface area contributed by atoms with Gasteiger partial charge in [-0.3, -0.25) is 0 Å². The molecule has 1 fully saturated rings. The average molecular weight is 261 g/mol. The Labute approximate surface area is 111 Å². The number of rotatable bonds is 2. The molecule has 1 aliphatic rings. The monoisotopic (exact) mass is 261 g/mol. The Kier molecular flexibility index (Phi) is 3.04. The molecule has 1 saturated heterocycles. The molecule has 0 aliphatic carbocycles. The summed E-state index contributed by atoms with van der Waals surface area (Å²) in [4.78, 5) is 2.39. The lowest BCUT2D eigenvalue weighted by Crippen LogP contribution is -2.29. The third-order valence-corrected chi connectivity index (χ3v) is 4.38. The Morgan fingerprint density at radius 2 is 2.28 bits per heavy atom. The normalized spacial score (nSPS) is 18.1. The van der Waals surface area contributed by atoms with Gasteiger partial charge in [0.1, 0.15) is 7.05 Å². The molecular weight excluding hydrogens is 244 g/mol. The third-order valence-electron chi connectivity index (χ3n) is 3.32. The van der Waals surface area contributed by atoms with Gasteiger partial charge in [0.05, 0.1) is 11.1 Å². The first-order valence-electron chi connectivity index (χ1n) is 6.26. The minimum absolute atomic E-state index is 0.916. The molecule has 94 valence electrons. The molecule has 3 rings (SSSR count). The Morgan fingerprint density at radius 3 is 3.06 bits per heavy atom. The quantitative estimate of drug-likeness (QED) is 0.775. The molecular formula is C14H17N2OS+. The van der Waals surface area contributed by atoms with E-state index in [0.29, 0.717) is 0 Å². The van der Waals surface area contributed by atoms with Gasteiger partial charge in [-0.2, -0.15) is 4.57 Å². The first kappa shape index (κ1) is 11.7. The van der Waals surface area contributed by atoms with E-state index < -0.39 is 0 Å². The van der Waals surface area contributed by atoms with Gasteiger partial charge in [-0.15, -0.1) is 11.8 Å². The van der Waals surface area contributed by atoms with E-state index in [9.17, 15) is 0 Å². The van der Waals surface area contributed by atoms with E-state index in [-0.39, 0.29) is 0 Å². The summed E-state index contributed by atoms with van der Waals surface area (Å²) in [6.07, 6.45) is 2.15. The Balaban J connectivity index is 2.04. The number of oxazole rings is 1. The van der Waals surface area contributed by atoms with Crippen molar-refractivity contribution in [2.24, 2.45) is 7.05 Å². The predicted octanol–water partition coefficient (Wildman–Crippen LogP) is 2.62. The van der Waals surface area contributed by atoms with Crippen molar-refractivity contribution in [2.45, 2.75) is 6.92 Å². The first-order valence-corrected chi connectivity index (χ1v) is 7.25. The van der Waals surface area contributed by atoms with Crippen molar-refractivity contribution in [1.29, 1.82) is 0 Å². The van der Waals surface area contributed by atoms with E-state index in [4.69, 9.17) is 4.42 Å². The second-order valence-electron chi connectivity index (χ2n) is 4.38. The van der Waals surface area contributed by atoms with Gasteiger partial charge in [-0.25, -0.2) is 0 Å². The van der Waals surface area contributed by atoms with Crippen LogP contribution in [-0.2, 0) is 7.05 Å². The molecule has 1 aromatic heterocycles. The maximum absolute atomic E-state index is 5.90. The summed E-state index contributed by atoms with van der Waals surface area (Å²) in [5.74, 6) is 2.09. The number of benzene rings is 1. The van der Waals surface area contributed by atoms with Crippen molar-refractivity contribution in [1.82, 2.24) is 4.90 Å². The molecule has 0 unspecified atom stereocenters. The molecule has 0 saturated carbocycles. The van der Waals surface area contributed by atoms with Crippen molar-refractivity contribution in [3.05, 3.63) is 35.2 Å². The van der Waals surface area contributed by atoms with Crippen LogP contribution in [0.2, 0.25) is 0 Å². The van der Waals surface area contributed by atoms with E-state index in [1.807, 2.05) is 37.0 Å². The fourth-order valence-corrected chi connectivity index (χ4v) is 3.37. The molecule has 0 radical (unpaired) electrons. The average Bonchev–Trinajstić information content (AvgIpc) is 2.96. The molecule has 0 atom stereocenters. The maximum atomic E-state index is 5.90. The van der Waals surface area contributed by atoms with Crippen LogP contribution in [0.4, 0.5) is 0 Å². The molecule has 0 N–H and O–H groups in total. The van der Waals surface area contributed by atoms with E-state index in [0.717, 1.165) is 30.1 Å². The zero-order valence-electron chi connectivity index (χ0n) is 10.7. The van der Waals surface area contributed by atoms with Crippen LogP contribution in [0, 0.1) is 0 Å². The summed E-state index contributed by atoms with van der Waals surface area (Å²) in [5.41, 5.74) is 2.08. The minimum Gasteiger partial charge on any atom is -0.398 e. The molecule has 0 bridgehead atoms. The van der Waals surface area contributed by atoms with Crippen LogP contribution in [0.1, 0.15) is 12.8 Å². The zero-order valence-corrected chi connectivity index (χ0v) is 11.5. The second-order valence-corrected chi connectivity index (χ2v) is 5.49. The van der Waals surface area contributed by atoms with E-state index >= 15 is 0 Å². The number of hydrogen-bond donors (Lipinski definition) is 0. The number of nitrogens with zero attached hydrogens (tertiary/aromatic N) is 2. The smallest absolute Gasteiger partial charge is 0.376 e. The summed E-state index contributed by atoms with van der Waals surface area (Å²) in [6, 6.07) is 8.14. The highest BCUT2D eigenvalue weighted by molar-refractivity contribution is 8.03. The lowest BCUT2D eigenvalue weighted by molar-refractivity contribution is -0.652. The minimum atomic E-state index is 0.916. The predicted molar refractivity (Wildman–Crippen MR) is 75.1 cm³/mol. The van der Waals surface area contributed by atoms with Gasteiger partial charge in [-0.1, -0.05) is 12.1 Å². The summed E-state index contributed by atoms with van der Waals surface area (Å²) in [6.45, 7) is 4.39. The molecule has 2 heterocycles. The fraction of sp³-hybridized carbons (Fsp3) is 0.357. The van der Waals surface area contributed by atoms with Gasteiger partial charge in [0.15, 0.2) is 0 Å². The molecule has 18 heavy (non-hydrogen) atoms. The SMILES string of the molecule is CCN1CCSC1=Cc1oc2ccccc2[n+]1C. The Bertz CT molecular complexity index is 603. The van der Waals surface area contributed by atoms with Gasteiger partial charge in [-0.05, 0) is 13.0 Å². The summed E-state index contributed by atoms with van der Waals surface area (Å²) in [7, 11) is 2.05. The van der Waals surface area contributed by atoms with Crippen LogP contribution < -0.4 is 4.57 Å². The molecule has 1 aromatic carbocycles. The molecule has 1 aliphatic heterocycles. The lowest BCUT2D eigenvalue weighted by atomic mass is 10.3. The van der Waals surface area contributed by atoms with E-state index in [1.165, 1.54) is 10.8 Å². The number of aryl methyl sites for hydroxylation is 1. The van der Waals surface area contributed by atoms with Crippen LogP contribution in [0.3, 0.4) is 0 Å². The molecule has 0 amide bonds. The van der Waals surface area contributed by atoms with Crippen LogP contribution >= 0.6 is 11.8 Å². The topological polar surface area (TPSA) is 20.3 Å². The molecule has 2 aromatic rings. The fourth-order valence-electron chi connectivity index (χ4n) is 2.26. The molecule has 3 nitrogen and oxygen atoms in total. The zero-order chi connectivity index (χ0) is 12.5. The first-order chi connectivity index (χ1) is 8.79. The molecule has 4 heteroatoms. The van der Waals surface area contributed by atoms with Gasteiger partial charge < -0.3 is 9.32 Å². The van der Waals surface area contributed by atoms with Gasteiger partial charge in [0.25, 0.3) is 5.52 Å². The van der Waals surface area contributed by atoms with Crippen LogP contribution in [0.15, 0.2) is 33.7 Å². The van der Waals surface area contributed by atoms with Crippen LogP contribution in [-0.4, -0.2) is 23.7 Å². The summed E-state index contributed by atoms with van der Waals surface area (Å²) in [5, 5.41) is 1.31. The van der Waals surface area contributed by atoms with Gasteiger partial charge in [0, 0.05) is 24.9 Å². The Hall–Kier alpha value is -1.42. The van der Waals surface area contributed by atoms with Crippen molar-refractivity contribution >= 4 is 28.9 Å². The lowest BCUT2D eigenvalue weighted by Gasteiger charge is -2.14. The summed E-state index contributed by atoms with van der Waals surface area (Å²) >= 11 is 1.90. The highest BCUT2D eigenvalue weighted by Gasteiger charge is 2.21. The summed E-state index contributed by atoms with van der Waals surface area (Å²) < 4.78 is 8.01. The van der Waals surface area contributed by atoms with Crippen LogP contribution in [0.5, 0.6) is 0 Å². The number of hydrogen-bond acceptors (Lipinski definition) is 3. The number of para-hydroxylation sites is 2.